The van der Waals surface area contributed by atoms with Gasteiger partial charge in [-0.2, -0.15) is 0 Å². The number of nitrogens with one attached hydrogen (secondary N) is 1. The molecule has 0 atom stereocenters. The molecule has 0 radical (unpaired) electrons. The molecule has 0 unspecified atom stereocenters. The first-order valence-electron chi connectivity index (χ1n) is 9.26. The number of nitrogens with two attached hydrogens (primary N) is 1. The van der Waals surface area contributed by atoms with Gasteiger partial charge in [-0.1, -0.05) is 6.07 Å². The van der Waals surface area contributed by atoms with Gasteiger partial charge >= 0.3 is 0 Å². The molecule has 0 aliphatic rings. The summed E-state index contributed by atoms with van der Waals surface area (Å²) in [5.41, 5.74) is 6.47. The first-order valence-corrected chi connectivity index (χ1v) is 10.1. The molecule has 0 saturated carbocycles. The molecule has 8 nitrogen and oxygen atoms in total. The lowest BCUT2D eigenvalue weighted by atomic mass is 10.2. The van der Waals surface area contributed by atoms with Crippen molar-refractivity contribution >= 4 is 33.4 Å². The smallest absolute Gasteiger partial charge is 0.255 e. The zero-order valence-electron chi connectivity index (χ0n) is 16.8. The van der Waals surface area contributed by atoms with Crippen LogP contribution in [0, 0.1) is 0 Å². The summed E-state index contributed by atoms with van der Waals surface area (Å²) in [6.45, 7) is 2.33. The van der Waals surface area contributed by atoms with Crippen LogP contribution in [0.3, 0.4) is 0 Å². The number of hydrogen-bond donors (Lipinski definition) is 2. The molecule has 2 aromatic carbocycles. The number of hydrogen-bond acceptors (Lipinski definition) is 6. The highest BCUT2D eigenvalue weighted by Gasteiger charge is 2.16. The molecule has 0 fully saturated rings. The van der Waals surface area contributed by atoms with Gasteiger partial charge in [-0.3, -0.25) is 9.59 Å². The van der Waals surface area contributed by atoms with E-state index >= 15 is 0 Å². The van der Waals surface area contributed by atoms with Crippen LogP contribution in [0.25, 0.3) is 0 Å². The van der Waals surface area contributed by atoms with E-state index in [2.05, 4.69) is 26.2 Å². The number of nitrogens with zero attached hydrogens (tertiary/aromatic N) is 1. The van der Waals surface area contributed by atoms with Crippen molar-refractivity contribution in [2.45, 2.75) is 6.92 Å². The molecule has 3 N–H and O–H groups in total. The van der Waals surface area contributed by atoms with E-state index < -0.39 is 5.91 Å². The molecule has 3 rings (SSSR count). The van der Waals surface area contributed by atoms with Crippen LogP contribution < -0.4 is 25.3 Å². The molecule has 1 heterocycles. The summed E-state index contributed by atoms with van der Waals surface area (Å²) in [5.74, 6) is 0.810. The zero-order chi connectivity index (χ0) is 22.4. The molecule has 0 saturated heterocycles. The number of rotatable bonds is 8. The molecule has 2 amide bonds. The number of amides is 2. The summed E-state index contributed by atoms with van der Waals surface area (Å²) in [6, 6.07) is 13.0. The standard InChI is InChI=1S/C22H20BrN3O5/c1-3-30-20-17(23)10-14(11-18(20)29-2)22(28)26-15-7-8-19(25-12-15)31-16-6-4-5-13(9-16)21(24)27/h4-12H,3H2,1-2H3,(H2,24,27)(H,26,28). The van der Waals surface area contributed by atoms with Crippen molar-refractivity contribution < 1.29 is 23.8 Å². The number of methoxy groups -OCH3 is 1. The Morgan fingerprint density at radius 1 is 1.13 bits per heavy atom. The SMILES string of the molecule is CCOc1c(Br)cc(C(=O)Nc2ccc(Oc3cccc(C(N)=O)c3)nc2)cc1OC. The third kappa shape index (κ3) is 5.52. The molecule has 1 aromatic heterocycles. The van der Waals surface area contributed by atoms with Crippen molar-refractivity contribution in [2.75, 3.05) is 19.0 Å². The lowest BCUT2D eigenvalue weighted by molar-refractivity contribution is 0.0997. The maximum absolute atomic E-state index is 12.6. The Balaban J connectivity index is 1.71. The molecule has 0 bridgehead atoms. The number of primary amides is 1. The van der Waals surface area contributed by atoms with Gasteiger partial charge in [0.25, 0.3) is 5.91 Å². The second-order valence-electron chi connectivity index (χ2n) is 6.26. The first-order chi connectivity index (χ1) is 14.9. The molecular formula is C22H20BrN3O5. The van der Waals surface area contributed by atoms with Crippen LogP contribution in [0.15, 0.2) is 59.2 Å². The second-order valence-corrected chi connectivity index (χ2v) is 7.11. The predicted octanol–water partition coefficient (Wildman–Crippen LogP) is 4.39. The van der Waals surface area contributed by atoms with Crippen molar-refractivity contribution in [3.63, 3.8) is 0 Å². The number of ether oxygens (including phenoxy) is 3. The van der Waals surface area contributed by atoms with Crippen LogP contribution in [0.5, 0.6) is 23.1 Å². The van der Waals surface area contributed by atoms with Gasteiger partial charge in [-0.25, -0.2) is 4.98 Å². The van der Waals surface area contributed by atoms with Crippen molar-refractivity contribution in [2.24, 2.45) is 5.73 Å². The Hall–Kier alpha value is -3.59. The van der Waals surface area contributed by atoms with Gasteiger partial charge in [-0.05, 0) is 59.3 Å². The molecule has 0 aliphatic heterocycles. The van der Waals surface area contributed by atoms with Crippen LogP contribution in [0.1, 0.15) is 27.6 Å². The van der Waals surface area contributed by atoms with Crippen molar-refractivity contribution in [3.05, 3.63) is 70.3 Å². The fourth-order valence-corrected chi connectivity index (χ4v) is 3.24. The Morgan fingerprint density at radius 3 is 2.58 bits per heavy atom. The number of halogens is 1. The molecular weight excluding hydrogens is 466 g/mol. The van der Waals surface area contributed by atoms with Crippen molar-refractivity contribution in [1.29, 1.82) is 0 Å². The molecule has 0 spiro atoms. The quantitative estimate of drug-likeness (QED) is 0.488. The van der Waals surface area contributed by atoms with Crippen LogP contribution in [0.2, 0.25) is 0 Å². The summed E-state index contributed by atoms with van der Waals surface area (Å²) in [5, 5.41) is 2.77. The predicted molar refractivity (Wildman–Crippen MR) is 119 cm³/mol. The van der Waals surface area contributed by atoms with Gasteiger partial charge < -0.3 is 25.3 Å². The molecule has 31 heavy (non-hydrogen) atoms. The summed E-state index contributed by atoms with van der Waals surface area (Å²) < 4.78 is 17.1. The third-order valence-corrected chi connectivity index (χ3v) is 4.70. The fourth-order valence-electron chi connectivity index (χ4n) is 2.69. The third-order valence-electron chi connectivity index (χ3n) is 4.12. The number of anilines is 1. The largest absolute Gasteiger partial charge is 0.493 e. The Labute approximate surface area is 187 Å². The van der Waals surface area contributed by atoms with E-state index in [9.17, 15) is 9.59 Å². The van der Waals surface area contributed by atoms with Crippen molar-refractivity contribution in [3.8, 4) is 23.1 Å². The van der Waals surface area contributed by atoms with Gasteiger partial charge in [0.05, 0.1) is 30.1 Å². The minimum atomic E-state index is -0.547. The van der Waals surface area contributed by atoms with E-state index in [0.717, 1.165) is 0 Å². The maximum Gasteiger partial charge on any atom is 0.255 e. The molecule has 3 aromatic rings. The van der Waals surface area contributed by atoms with Gasteiger partial charge in [0, 0.05) is 17.2 Å². The van der Waals surface area contributed by atoms with E-state index in [4.69, 9.17) is 19.9 Å². The summed E-state index contributed by atoms with van der Waals surface area (Å²) in [7, 11) is 1.51. The van der Waals surface area contributed by atoms with E-state index in [1.54, 1.807) is 42.5 Å². The average molecular weight is 486 g/mol. The van der Waals surface area contributed by atoms with Crippen molar-refractivity contribution in [1.82, 2.24) is 4.98 Å². The average Bonchev–Trinajstić information content (AvgIpc) is 2.76. The second kappa shape index (κ2) is 9.94. The lowest BCUT2D eigenvalue weighted by Gasteiger charge is -2.13. The molecule has 160 valence electrons. The van der Waals surface area contributed by atoms with E-state index in [1.165, 1.54) is 19.4 Å². The Kier molecular flexibility index (Phi) is 7.09. The number of carbonyl (C=O) groups excluding carboxylic acids is 2. The Morgan fingerprint density at radius 2 is 1.94 bits per heavy atom. The zero-order valence-corrected chi connectivity index (χ0v) is 18.4. The van der Waals surface area contributed by atoms with Crippen LogP contribution in [-0.4, -0.2) is 30.5 Å². The number of carbonyl (C=O) groups is 2. The van der Waals surface area contributed by atoms with E-state index in [-0.39, 0.29) is 5.91 Å². The van der Waals surface area contributed by atoms with Gasteiger partial charge in [0.1, 0.15) is 5.75 Å². The number of benzene rings is 2. The highest BCUT2D eigenvalue weighted by molar-refractivity contribution is 9.10. The topological polar surface area (TPSA) is 113 Å². The highest BCUT2D eigenvalue weighted by atomic mass is 79.9. The van der Waals surface area contributed by atoms with E-state index in [0.29, 0.717) is 51.0 Å². The number of aromatic nitrogens is 1. The maximum atomic E-state index is 12.6. The van der Waals surface area contributed by atoms with Gasteiger partial charge in [0.15, 0.2) is 11.5 Å². The molecule has 0 aliphatic carbocycles. The fraction of sp³-hybridized carbons (Fsp3) is 0.136. The summed E-state index contributed by atoms with van der Waals surface area (Å²) >= 11 is 3.41. The highest BCUT2D eigenvalue weighted by Crippen LogP contribution is 2.36. The molecule has 9 heteroatoms. The Bertz CT molecular complexity index is 1100. The lowest BCUT2D eigenvalue weighted by Crippen LogP contribution is -2.12. The number of pyridine rings is 1. The minimum Gasteiger partial charge on any atom is -0.493 e. The van der Waals surface area contributed by atoms with Crippen LogP contribution in [-0.2, 0) is 0 Å². The normalized spacial score (nSPS) is 10.3. The first kappa shape index (κ1) is 22.1. The monoisotopic (exact) mass is 485 g/mol. The summed E-state index contributed by atoms with van der Waals surface area (Å²) in [6.07, 6.45) is 1.46. The van der Waals surface area contributed by atoms with Crippen LogP contribution >= 0.6 is 15.9 Å². The van der Waals surface area contributed by atoms with Crippen LogP contribution in [0.4, 0.5) is 5.69 Å². The summed E-state index contributed by atoms with van der Waals surface area (Å²) in [4.78, 5) is 28.1. The minimum absolute atomic E-state index is 0.296. The van der Waals surface area contributed by atoms with Gasteiger partial charge in [-0.15, -0.1) is 0 Å². The van der Waals surface area contributed by atoms with Gasteiger partial charge in [0.2, 0.25) is 11.8 Å². The van der Waals surface area contributed by atoms with E-state index in [1.807, 2.05) is 6.92 Å².